The number of rotatable bonds is 6. The maximum atomic E-state index is 14.8. The van der Waals surface area contributed by atoms with E-state index in [1.807, 2.05) is 45.9 Å². The Morgan fingerprint density at radius 1 is 1.10 bits per heavy atom. The average molecular weight is 443 g/mol. The molecule has 1 heterocycles. The quantitative estimate of drug-likeness (QED) is 0.470. The van der Waals surface area contributed by atoms with Crippen LogP contribution in [0.25, 0.3) is 10.9 Å². The fourth-order valence-electron chi connectivity index (χ4n) is 3.40. The van der Waals surface area contributed by atoms with Crippen LogP contribution in [0.1, 0.15) is 61.0 Å². The van der Waals surface area contributed by atoms with Crippen molar-refractivity contribution in [2.24, 2.45) is 0 Å². The molecule has 5 nitrogen and oxygen atoms in total. The zero-order chi connectivity index (χ0) is 22.7. The second-order valence-electron chi connectivity index (χ2n) is 7.86. The van der Waals surface area contributed by atoms with Crippen molar-refractivity contribution in [3.8, 4) is 0 Å². The summed E-state index contributed by atoms with van der Waals surface area (Å²) in [5.41, 5.74) is 2.61. The molecule has 7 heteroatoms. The Balaban J connectivity index is 1.78. The number of anilines is 1. The monoisotopic (exact) mass is 442 g/mol. The summed E-state index contributed by atoms with van der Waals surface area (Å²) in [6, 6.07) is 10.1. The van der Waals surface area contributed by atoms with Crippen molar-refractivity contribution in [1.29, 1.82) is 0 Å². The first-order valence-electron chi connectivity index (χ1n) is 10.0. The third-order valence-electron chi connectivity index (χ3n) is 4.97. The van der Waals surface area contributed by atoms with E-state index in [2.05, 4.69) is 10.3 Å². The lowest BCUT2D eigenvalue weighted by atomic mass is 9.92. The standard InChI is InChI=1S/C24H24ClFN2O3/c1-13(2)15-7-5-8-16(14(3)4)22(15)28-20(29)12-31-24(30)18-11-19(25)23-17(21(18)26)9-6-10-27-23/h5-11,13-14H,12H2,1-4H3,(H,28,29). The van der Waals surface area contributed by atoms with E-state index in [0.29, 0.717) is 0 Å². The Bertz CT molecular complexity index is 1120. The number of amides is 1. The molecule has 0 saturated carbocycles. The highest BCUT2D eigenvalue weighted by Gasteiger charge is 2.21. The van der Waals surface area contributed by atoms with Gasteiger partial charge in [-0.25, -0.2) is 9.18 Å². The Morgan fingerprint density at radius 2 is 1.74 bits per heavy atom. The van der Waals surface area contributed by atoms with E-state index >= 15 is 0 Å². The predicted octanol–water partition coefficient (Wildman–Crippen LogP) is 6.07. The van der Waals surface area contributed by atoms with Crippen LogP contribution in [-0.4, -0.2) is 23.5 Å². The molecule has 162 valence electrons. The molecule has 1 N–H and O–H groups in total. The summed E-state index contributed by atoms with van der Waals surface area (Å²) in [6.45, 7) is 7.60. The molecule has 0 unspecified atom stereocenters. The van der Waals surface area contributed by atoms with Crippen LogP contribution < -0.4 is 5.32 Å². The second-order valence-corrected chi connectivity index (χ2v) is 8.27. The molecular weight excluding hydrogens is 419 g/mol. The van der Waals surface area contributed by atoms with Gasteiger partial charge in [0.05, 0.1) is 16.1 Å². The van der Waals surface area contributed by atoms with E-state index in [9.17, 15) is 14.0 Å². The van der Waals surface area contributed by atoms with Crippen LogP contribution in [0.15, 0.2) is 42.6 Å². The molecule has 31 heavy (non-hydrogen) atoms. The van der Waals surface area contributed by atoms with Crippen LogP contribution in [0.5, 0.6) is 0 Å². The maximum absolute atomic E-state index is 14.8. The third-order valence-corrected chi connectivity index (χ3v) is 5.26. The predicted molar refractivity (Wildman–Crippen MR) is 120 cm³/mol. The lowest BCUT2D eigenvalue weighted by Gasteiger charge is -2.20. The van der Waals surface area contributed by atoms with Gasteiger partial charge >= 0.3 is 5.97 Å². The van der Waals surface area contributed by atoms with E-state index in [-0.39, 0.29) is 33.3 Å². The number of para-hydroxylation sites is 1. The lowest BCUT2D eigenvalue weighted by molar-refractivity contribution is -0.119. The van der Waals surface area contributed by atoms with Gasteiger partial charge in [0.1, 0.15) is 5.82 Å². The number of fused-ring (bicyclic) bond motifs is 1. The number of pyridine rings is 1. The molecular formula is C24H24ClFN2O3. The summed E-state index contributed by atoms with van der Waals surface area (Å²) in [5, 5.41) is 3.09. The van der Waals surface area contributed by atoms with Gasteiger partial charge in [0.2, 0.25) is 0 Å². The molecule has 0 bridgehead atoms. The maximum Gasteiger partial charge on any atom is 0.341 e. The van der Waals surface area contributed by atoms with Crippen LogP contribution in [0.4, 0.5) is 10.1 Å². The van der Waals surface area contributed by atoms with Crippen LogP contribution in [-0.2, 0) is 9.53 Å². The number of hydrogen-bond donors (Lipinski definition) is 1. The van der Waals surface area contributed by atoms with Crippen molar-refractivity contribution >= 4 is 40.1 Å². The van der Waals surface area contributed by atoms with E-state index in [0.717, 1.165) is 22.9 Å². The Morgan fingerprint density at radius 3 is 2.35 bits per heavy atom. The van der Waals surface area contributed by atoms with Gasteiger partial charge < -0.3 is 10.1 Å². The van der Waals surface area contributed by atoms with Gasteiger partial charge in [0.25, 0.3) is 5.91 Å². The molecule has 0 atom stereocenters. The number of halogens is 2. The normalized spacial score (nSPS) is 11.2. The minimum atomic E-state index is -0.971. The van der Waals surface area contributed by atoms with Gasteiger partial charge in [0, 0.05) is 17.3 Å². The molecule has 0 saturated heterocycles. The summed E-state index contributed by atoms with van der Waals surface area (Å²) in [5.74, 6) is -1.87. The van der Waals surface area contributed by atoms with E-state index < -0.39 is 24.3 Å². The molecule has 0 spiro atoms. The second kappa shape index (κ2) is 9.43. The number of aromatic nitrogens is 1. The summed E-state index contributed by atoms with van der Waals surface area (Å²) >= 11 is 6.13. The number of nitrogens with one attached hydrogen (secondary N) is 1. The van der Waals surface area contributed by atoms with Crippen molar-refractivity contribution in [1.82, 2.24) is 4.98 Å². The van der Waals surface area contributed by atoms with Crippen molar-refractivity contribution in [3.63, 3.8) is 0 Å². The summed E-state index contributed by atoms with van der Waals surface area (Å²) in [6.07, 6.45) is 1.48. The highest BCUT2D eigenvalue weighted by molar-refractivity contribution is 6.35. The molecule has 3 aromatic rings. The molecule has 3 rings (SSSR count). The van der Waals surface area contributed by atoms with Gasteiger partial charge in [-0.3, -0.25) is 9.78 Å². The average Bonchev–Trinajstić information content (AvgIpc) is 2.74. The SMILES string of the molecule is CC(C)c1cccc(C(C)C)c1NC(=O)COC(=O)c1cc(Cl)c2ncccc2c1F. The Kier molecular flexibility index (Phi) is 6.91. The summed E-state index contributed by atoms with van der Waals surface area (Å²) in [7, 11) is 0. The van der Waals surface area contributed by atoms with Crippen molar-refractivity contribution in [3.05, 3.63) is 70.1 Å². The number of carbonyl (C=O) groups excluding carboxylic acids is 2. The molecule has 0 aliphatic rings. The van der Waals surface area contributed by atoms with Crippen molar-refractivity contribution in [2.45, 2.75) is 39.5 Å². The smallest absolute Gasteiger partial charge is 0.341 e. The zero-order valence-corrected chi connectivity index (χ0v) is 18.6. The first-order chi connectivity index (χ1) is 14.7. The third kappa shape index (κ3) is 4.85. The fourth-order valence-corrected chi connectivity index (χ4v) is 3.66. The largest absolute Gasteiger partial charge is 0.452 e. The Hall–Kier alpha value is -2.99. The topological polar surface area (TPSA) is 68.3 Å². The molecule has 2 aromatic carbocycles. The first-order valence-corrected chi connectivity index (χ1v) is 10.4. The van der Waals surface area contributed by atoms with Gasteiger partial charge in [-0.2, -0.15) is 0 Å². The van der Waals surface area contributed by atoms with Crippen LogP contribution in [0, 0.1) is 5.82 Å². The number of esters is 1. The van der Waals surface area contributed by atoms with Gasteiger partial charge in [-0.05, 0) is 41.2 Å². The van der Waals surface area contributed by atoms with Crippen molar-refractivity contribution in [2.75, 3.05) is 11.9 Å². The molecule has 0 aliphatic heterocycles. The number of nitrogens with zero attached hydrogens (tertiary/aromatic N) is 1. The number of hydrogen-bond acceptors (Lipinski definition) is 4. The summed E-state index contributed by atoms with van der Waals surface area (Å²) < 4.78 is 19.8. The number of ether oxygens (including phenoxy) is 1. The summed E-state index contributed by atoms with van der Waals surface area (Å²) in [4.78, 5) is 29.0. The highest BCUT2D eigenvalue weighted by Crippen LogP contribution is 2.32. The molecule has 0 aliphatic carbocycles. The lowest BCUT2D eigenvalue weighted by Crippen LogP contribution is -2.23. The van der Waals surface area contributed by atoms with Gasteiger partial charge in [0.15, 0.2) is 6.61 Å². The van der Waals surface area contributed by atoms with E-state index in [4.69, 9.17) is 16.3 Å². The fraction of sp³-hybridized carbons (Fsp3) is 0.292. The zero-order valence-electron chi connectivity index (χ0n) is 17.8. The van der Waals surface area contributed by atoms with E-state index in [1.165, 1.54) is 12.3 Å². The number of carbonyl (C=O) groups is 2. The van der Waals surface area contributed by atoms with Gasteiger partial charge in [-0.1, -0.05) is 57.5 Å². The molecule has 1 aromatic heterocycles. The van der Waals surface area contributed by atoms with Crippen LogP contribution in [0.3, 0.4) is 0 Å². The number of benzene rings is 2. The molecule has 0 radical (unpaired) electrons. The highest BCUT2D eigenvalue weighted by atomic mass is 35.5. The Labute approximate surface area is 185 Å². The van der Waals surface area contributed by atoms with E-state index in [1.54, 1.807) is 6.07 Å². The molecule has 1 amide bonds. The van der Waals surface area contributed by atoms with Crippen LogP contribution in [0.2, 0.25) is 5.02 Å². The molecule has 0 fully saturated rings. The minimum Gasteiger partial charge on any atom is -0.452 e. The van der Waals surface area contributed by atoms with Crippen molar-refractivity contribution < 1.29 is 18.7 Å². The first kappa shape index (κ1) is 22.7. The van der Waals surface area contributed by atoms with Gasteiger partial charge in [-0.15, -0.1) is 0 Å². The van der Waals surface area contributed by atoms with Crippen LogP contribution >= 0.6 is 11.6 Å². The minimum absolute atomic E-state index is 0.110.